The highest BCUT2D eigenvalue weighted by Gasteiger charge is 2.09. The second kappa shape index (κ2) is 7.74. The SMILES string of the molecule is Cc1cccc(C)c1OCC(=O)NNC(=O)Cn1ccc2ccccc21. The quantitative estimate of drug-likeness (QED) is 0.694. The van der Waals surface area contributed by atoms with Crippen LogP contribution >= 0.6 is 0 Å². The molecule has 0 aliphatic heterocycles. The average molecular weight is 351 g/mol. The molecule has 0 bridgehead atoms. The van der Waals surface area contributed by atoms with Crippen LogP contribution in [0.3, 0.4) is 0 Å². The van der Waals surface area contributed by atoms with Gasteiger partial charge in [-0.25, -0.2) is 0 Å². The van der Waals surface area contributed by atoms with Gasteiger partial charge in [-0.05, 0) is 42.5 Å². The van der Waals surface area contributed by atoms with Gasteiger partial charge in [-0.1, -0.05) is 36.4 Å². The molecule has 3 rings (SSSR count). The number of fused-ring (bicyclic) bond motifs is 1. The van der Waals surface area contributed by atoms with Crippen molar-refractivity contribution in [1.82, 2.24) is 15.4 Å². The van der Waals surface area contributed by atoms with Crippen molar-refractivity contribution >= 4 is 22.7 Å². The number of benzene rings is 2. The molecule has 0 atom stereocenters. The predicted molar refractivity (Wildman–Crippen MR) is 99.6 cm³/mol. The Hall–Kier alpha value is -3.28. The monoisotopic (exact) mass is 351 g/mol. The molecule has 1 heterocycles. The molecule has 3 aromatic rings. The fourth-order valence-electron chi connectivity index (χ4n) is 2.81. The third kappa shape index (κ3) is 4.03. The minimum absolute atomic E-state index is 0.117. The first-order valence-corrected chi connectivity index (χ1v) is 8.35. The number of nitrogens with zero attached hydrogens (tertiary/aromatic N) is 1. The summed E-state index contributed by atoms with van der Waals surface area (Å²) < 4.78 is 7.38. The Kier molecular flexibility index (Phi) is 5.22. The maximum absolute atomic E-state index is 12.1. The summed E-state index contributed by atoms with van der Waals surface area (Å²) in [6.07, 6.45) is 1.84. The van der Waals surface area contributed by atoms with Gasteiger partial charge in [0.2, 0.25) is 0 Å². The summed E-state index contributed by atoms with van der Waals surface area (Å²) in [5, 5.41) is 1.06. The Morgan fingerprint density at radius 3 is 2.38 bits per heavy atom. The van der Waals surface area contributed by atoms with E-state index in [1.807, 2.05) is 73.1 Å². The molecule has 0 saturated heterocycles. The molecule has 6 heteroatoms. The van der Waals surface area contributed by atoms with Crippen LogP contribution in [0.1, 0.15) is 11.1 Å². The highest BCUT2D eigenvalue weighted by atomic mass is 16.5. The highest BCUT2D eigenvalue weighted by Crippen LogP contribution is 2.22. The van der Waals surface area contributed by atoms with Crippen LogP contribution < -0.4 is 15.6 Å². The molecular weight excluding hydrogens is 330 g/mol. The van der Waals surface area contributed by atoms with E-state index in [4.69, 9.17) is 4.74 Å². The van der Waals surface area contributed by atoms with Gasteiger partial charge >= 0.3 is 0 Å². The molecular formula is C20H21N3O3. The number of para-hydroxylation sites is 2. The zero-order chi connectivity index (χ0) is 18.5. The zero-order valence-corrected chi connectivity index (χ0v) is 14.8. The first-order valence-electron chi connectivity index (χ1n) is 8.35. The smallest absolute Gasteiger partial charge is 0.276 e. The van der Waals surface area contributed by atoms with E-state index in [9.17, 15) is 9.59 Å². The standard InChI is InChI=1S/C20H21N3O3/c1-14-6-5-7-15(2)20(14)26-13-19(25)22-21-18(24)12-23-11-10-16-8-3-4-9-17(16)23/h3-11H,12-13H2,1-2H3,(H,21,24)(H,22,25). The van der Waals surface area contributed by atoms with Crippen LogP contribution in [0.25, 0.3) is 10.9 Å². The number of amides is 2. The van der Waals surface area contributed by atoms with E-state index in [1.54, 1.807) is 0 Å². The van der Waals surface area contributed by atoms with E-state index >= 15 is 0 Å². The van der Waals surface area contributed by atoms with Crippen molar-refractivity contribution in [2.75, 3.05) is 6.61 Å². The van der Waals surface area contributed by atoms with E-state index in [0.717, 1.165) is 22.0 Å². The molecule has 134 valence electrons. The number of hydrogen-bond acceptors (Lipinski definition) is 3. The van der Waals surface area contributed by atoms with E-state index in [2.05, 4.69) is 10.9 Å². The molecule has 0 unspecified atom stereocenters. The number of carbonyl (C=O) groups is 2. The lowest BCUT2D eigenvalue weighted by Gasteiger charge is -2.12. The molecule has 0 radical (unpaired) electrons. The van der Waals surface area contributed by atoms with Gasteiger partial charge in [-0.15, -0.1) is 0 Å². The van der Waals surface area contributed by atoms with Gasteiger partial charge in [0.25, 0.3) is 11.8 Å². The van der Waals surface area contributed by atoms with Crippen molar-refractivity contribution in [3.63, 3.8) is 0 Å². The average Bonchev–Trinajstić information content (AvgIpc) is 3.02. The molecule has 26 heavy (non-hydrogen) atoms. The van der Waals surface area contributed by atoms with Crippen molar-refractivity contribution in [3.8, 4) is 5.75 Å². The first kappa shape index (κ1) is 17.5. The number of hydrazine groups is 1. The van der Waals surface area contributed by atoms with Gasteiger partial charge in [-0.2, -0.15) is 0 Å². The summed E-state index contributed by atoms with van der Waals surface area (Å²) in [6.45, 7) is 3.79. The Morgan fingerprint density at radius 2 is 1.62 bits per heavy atom. The summed E-state index contributed by atoms with van der Waals surface area (Å²) in [5.41, 5.74) is 7.67. The first-order chi connectivity index (χ1) is 12.5. The van der Waals surface area contributed by atoms with E-state index in [-0.39, 0.29) is 19.1 Å². The second-order valence-electron chi connectivity index (χ2n) is 6.11. The van der Waals surface area contributed by atoms with Crippen molar-refractivity contribution in [2.24, 2.45) is 0 Å². The summed E-state index contributed by atoms with van der Waals surface area (Å²) in [4.78, 5) is 24.0. The topological polar surface area (TPSA) is 72.4 Å². The minimum atomic E-state index is -0.418. The van der Waals surface area contributed by atoms with E-state index < -0.39 is 5.91 Å². The van der Waals surface area contributed by atoms with Gasteiger partial charge < -0.3 is 9.30 Å². The summed E-state index contributed by atoms with van der Waals surface area (Å²) >= 11 is 0. The van der Waals surface area contributed by atoms with Crippen LogP contribution in [0.2, 0.25) is 0 Å². The molecule has 0 aliphatic rings. The van der Waals surface area contributed by atoms with Gasteiger partial charge in [0.15, 0.2) is 6.61 Å². The Bertz CT molecular complexity index is 926. The normalized spacial score (nSPS) is 10.5. The molecule has 0 aliphatic carbocycles. The number of carbonyl (C=O) groups excluding carboxylic acids is 2. The number of rotatable bonds is 5. The lowest BCUT2D eigenvalue weighted by molar-refractivity contribution is -0.130. The summed E-state index contributed by atoms with van der Waals surface area (Å²) in [6, 6.07) is 15.5. The lowest BCUT2D eigenvalue weighted by Crippen LogP contribution is -2.45. The van der Waals surface area contributed by atoms with Gasteiger partial charge in [0, 0.05) is 11.7 Å². The zero-order valence-electron chi connectivity index (χ0n) is 14.8. The lowest BCUT2D eigenvalue weighted by atomic mass is 10.1. The molecule has 0 spiro atoms. The molecule has 6 nitrogen and oxygen atoms in total. The fourth-order valence-corrected chi connectivity index (χ4v) is 2.81. The number of ether oxygens (including phenoxy) is 1. The number of aromatic nitrogens is 1. The second-order valence-corrected chi connectivity index (χ2v) is 6.11. The predicted octanol–water partition coefficient (Wildman–Crippen LogP) is 2.48. The molecule has 2 amide bonds. The van der Waals surface area contributed by atoms with Crippen LogP contribution in [-0.4, -0.2) is 23.0 Å². The summed E-state index contributed by atoms with van der Waals surface area (Å²) in [7, 11) is 0. The van der Waals surface area contributed by atoms with Crippen LogP contribution in [-0.2, 0) is 16.1 Å². The van der Waals surface area contributed by atoms with Gasteiger partial charge in [0.05, 0.1) is 0 Å². The highest BCUT2D eigenvalue weighted by molar-refractivity contribution is 5.85. The van der Waals surface area contributed by atoms with Crippen LogP contribution in [0.5, 0.6) is 5.75 Å². The Labute approximate surface area is 151 Å². The van der Waals surface area contributed by atoms with Crippen LogP contribution in [0.15, 0.2) is 54.7 Å². The summed E-state index contributed by atoms with van der Waals surface area (Å²) in [5.74, 6) is -0.0436. The number of nitrogens with one attached hydrogen (secondary N) is 2. The molecule has 2 aromatic carbocycles. The van der Waals surface area contributed by atoms with Crippen molar-refractivity contribution in [1.29, 1.82) is 0 Å². The number of aryl methyl sites for hydroxylation is 2. The maximum atomic E-state index is 12.1. The molecule has 1 aromatic heterocycles. The van der Waals surface area contributed by atoms with Gasteiger partial charge in [-0.3, -0.25) is 20.4 Å². The third-order valence-corrected chi connectivity index (χ3v) is 4.09. The van der Waals surface area contributed by atoms with Crippen molar-refractivity contribution in [3.05, 3.63) is 65.9 Å². The van der Waals surface area contributed by atoms with Gasteiger partial charge in [0.1, 0.15) is 12.3 Å². The van der Waals surface area contributed by atoms with Crippen molar-refractivity contribution in [2.45, 2.75) is 20.4 Å². The Balaban J connectivity index is 1.49. The molecule has 0 fully saturated rings. The Morgan fingerprint density at radius 1 is 0.923 bits per heavy atom. The minimum Gasteiger partial charge on any atom is -0.483 e. The number of hydrogen-bond donors (Lipinski definition) is 2. The molecule has 2 N–H and O–H groups in total. The van der Waals surface area contributed by atoms with E-state index in [0.29, 0.717) is 5.75 Å². The van der Waals surface area contributed by atoms with Crippen molar-refractivity contribution < 1.29 is 14.3 Å². The van der Waals surface area contributed by atoms with Crippen LogP contribution in [0.4, 0.5) is 0 Å². The van der Waals surface area contributed by atoms with Crippen LogP contribution in [0, 0.1) is 13.8 Å². The largest absolute Gasteiger partial charge is 0.483 e. The fraction of sp³-hybridized carbons (Fsp3) is 0.200. The molecule has 0 saturated carbocycles. The third-order valence-electron chi connectivity index (χ3n) is 4.09. The van der Waals surface area contributed by atoms with E-state index in [1.165, 1.54) is 0 Å². The maximum Gasteiger partial charge on any atom is 0.276 e.